The number of thioether (sulfide) groups is 1. The molecule has 0 unspecified atom stereocenters. The van der Waals surface area contributed by atoms with Gasteiger partial charge in [-0.2, -0.15) is 13.2 Å². The monoisotopic (exact) mass is 399 g/mol. The largest absolute Gasteiger partial charge is 0.446 e. The van der Waals surface area contributed by atoms with Crippen LogP contribution < -0.4 is 10.5 Å². The lowest BCUT2D eigenvalue weighted by molar-refractivity contribution is -0.0328. The summed E-state index contributed by atoms with van der Waals surface area (Å²) in [5.74, 6) is 0. The van der Waals surface area contributed by atoms with E-state index >= 15 is 0 Å². The van der Waals surface area contributed by atoms with E-state index in [4.69, 9.17) is 9.88 Å². The molecule has 0 saturated carbocycles. The zero-order chi connectivity index (χ0) is 18.5. The number of nitrogens with zero attached hydrogens (tertiary/aromatic N) is 1. The Labute approximate surface area is 148 Å². The number of primary sulfonamides is 1. The number of hydrogen-bond acceptors (Lipinski definition) is 6. The number of nitrogens with one attached hydrogen (secondary N) is 1. The number of halogens is 3. The Morgan fingerprint density at radius 2 is 1.96 bits per heavy atom. The molecule has 1 aliphatic heterocycles. The summed E-state index contributed by atoms with van der Waals surface area (Å²) in [5, 5.41) is 7.93. The Balaban J connectivity index is 2.00. The van der Waals surface area contributed by atoms with Crippen molar-refractivity contribution in [2.45, 2.75) is 21.7 Å². The molecule has 2 rings (SSSR count). The Hall–Kier alpha value is -1.01. The highest BCUT2D eigenvalue weighted by molar-refractivity contribution is 8.00. The molecule has 0 atom stereocenters. The van der Waals surface area contributed by atoms with Crippen LogP contribution in [0.2, 0.25) is 0 Å². The second-order valence-electron chi connectivity index (χ2n) is 5.49. The Morgan fingerprint density at radius 3 is 2.56 bits per heavy atom. The summed E-state index contributed by atoms with van der Waals surface area (Å²) in [6.07, 6.45) is 0.743. The van der Waals surface area contributed by atoms with Gasteiger partial charge in [0.25, 0.3) is 0 Å². The number of morpholine rings is 1. The number of ether oxygens (including phenoxy) is 1. The van der Waals surface area contributed by atoms with Crippen molar-refractivity contribution in [3.8, 4) is 0 Å². The maximum atomic E-state index is 12.7. The molecule has 0 radical (unpaired) electrons. The van der Waals surface area contributed by atoms with E-state index in [1.54, 1.807) is 0 Å². The average molecular weight is 399 g/mol. The first-order chi connectivity index (χ1) is 11.6. The third-order valence-corrected chi connectivity index (χ3v) is 5.28. The number of benzene rings is 1. The molecular weight excluding hydrogens is 379 g/mol. The van der Waals surface area contributed by atoms with Crippen molar-refractivity contribution in [2.75, 3.05) is 44.7 Å². The zero-order valence-corrected chi connectivity index (χ0v) is 15.0. The fourth-order valence-corrected chi connectivity index (χ4v) is 3.69. The molecule has 1 aromatic rings. The van der Waals surface area contributed by atoms with Gasteiger partial charge in [-0.15, -0.1) is 0 Å². The summed E-state index contributed by atoms with van der Waals surface area (Å²) in [4.78, 5) is 1.66. The van der Waals surface area contributed by atoms with E-state index in [1.807, 2.05) is 0 Å². The second-order valence-corrected chi connectivity index (χ2v) is 8.15. The third-order valence-electron chi connectivity index (χ3n) is 3.58. The molecule has 0 aliphatic carbocycles. The molecule has 0 aromatic heterocycles. The van der Waals surface area contributed by atoms with Crippen molar-refractivity contribution in [1.82, 2.24) is 4.90 Å². The molecule has 3 N–H and O–H groups in total. The smallest absolute Gasteiger partial charge is 0.384 e. The van der Waals surface area contributed by atoms with Gasteiger partial charge in [-0.1, -0.05) is 0 Å². The molecule has 142 valence electrons. The summed E-state index contributed by atoms with van der Waals surface area (Å²) in [6.45, 7) is 4.35. The summed E-state index contributed by atoms with van der Waals surface area (Å²) < 4.78 is 66.1. The van der Waals surface area contributed by atoms with Gasteiger partial charge in [-0.3, -0.25) is 4.90 Å². The van der Waals surface area contributed by atoms with E-state index in [-0.39, 0.29) is 27.2 Å². The maximum absolute atomic E-state index is 12.7. The fraction of sp³-hybridized carbons (Fsp3) is 0.571. The molecule has 1 aromatic carbocycles. The Morgan fingerprint density at radius 1 is 1.28 bits per heavy atom. The van der Waals surface area contributed by atoms with Gasteiger partial charge in [0, 0.05) is 30.2 Å². The molecule has 6 nitrogen and oxygen atoms in total. The lowest BCUT2D eigenvalue weighted by Gasteiger charge is -2.26. The summed E-state index contributed by atoms with van der Waals surface area (Å²) in [7, 11) is -4.06. The zero-order valence-electron chi connectivity index (χ0n) is 13.4. The highest BCUT2D eigenvalue weighted by atomic mass is 32.2. The third kappa shape index (κ3) is 7.02. The van der Waals surface area contributed by atoms with E-state index < -0.39 is 15.5 Å². The van der Waals surface area contributed by atoms with Crippen LogP contribution in [0.25, 0.3) is 0 Å². The van der Waals surface area contributed by atoms with Crippen LogP contribution in [0.15, 0.2) is 28.0 Å². The lowest BCUT2D eigenvalue weighted by Crippen LogP contribution is -2.37. The van der Waals surface area contributed by atoms with Crippen LogP contribution >= 0.6 is 11.8 Å². The molecule has 11 heteroatoms. The SMILES string of the molecule is NS(=O)(=O)c1ccc(NCCCN2CCOCC2)c(SC(F)(F)F)c1. The predicted molar refractivity (Wildman–Crippen MR) is 90.1 cm³/mol. The average Bonchev–Trinajstić information content (AvgIpc) is 2.51. The van der Waals surface area contributed by atoms with Gasteiger partial charge in [0.05, 0.1) is 18.1 Å². The number of rotatable bonds is 7. The molecule has 1 aliphatic rings. The first kappa shape index (κ1) is 20.3. The first-order valence-electron chi connectivity index (χ1n) is 7.62. The van der Waals surface area contributed by atoms with Crippen molar-refractivity contribution < 1.29 is 26.3 Å². The van der Waals surface area contributed by atoms with Gasteiger partial charge in [-0.25, -0.2) is 13.6 Å². The minimum Gasteiger partial charge on any atom is -0.384 e. The van der Waals surface area contributed by atoms with E-state index in [0.717, 1.165) is 32.1 Å². The molecule has 25 heavy (non-hydrogen) atoms. The molecule has 0 spiro atoms. The molecule has 0 amide bonds. The number of anilines is 1. The van der Waals surface area contributed by atoms with Crippen LogP contribution in [0.5, 0.6) is 0 Å². The summed E-state index contributed by atoms with van der Waals surface area (Å²) in [5.41, 5.74) is -4.29. The van der Waals surface area contributed by atoms with E-state index in [2.05, 4.69) is 10.2 Å². The van der Waals surface area contributed by atoms with Gasteiger partial charge < -0.3 is 10.1 Å². The van der Waals surface area contributed by atoms with E-state index in [0.29, 0.717) is 19.8 Å². The minimum atomic E-state index is -4.53. The van der Waals surface area contributed by atoms with E-state index in [9.17, 15) is 21.6 Å². The van der Waals surface area contributed by atoms with Crippen molar-refractivity contribution in [3.05, 3.63) is 18.2 Å². The molecular formula is C14H20F3N3O3S2. The van der Waals surface area contributed by atoms with Crippen LogP contribution in [0, 0.1) is 0 Å². The number of hydrogen-bond donors (Lipinski definition) is 2. The minimum absolute atomic E-state index is 0.217. The van der Waals surface area contributed by atoms with Crippen LogP contribution in [-0.4, -0.2) is 58.2 Å². The van der Waals surface area contributed by atoms with Gasteiger partial charge in [0.15, 0.2) is 0 Å². The van der Waals surface area contributed by atoms with Gasteiger partial charge >= 0.3 is 5.51 Å². The van der Waals surface area contributed by atoms with Crippen molar-refractivity contribution in [2.24, 2.45) is 5.14 Å². The Bertz CT molecular complexity index is 678. The number of nitrogens with two attached hydrogens (primary N) is 1. The first-order valence-corrected chi connectivity index (χ1v) is 9.98. The quantitative estimate of drug-likeness (QED) is 0.540. The normalized spacial score (nSPS) is 16.8. The molecule has 1 heterocycles. The van der Waals surface area contributed by atoms with Gasteiger partial charge in [0.2, 0.25) is 10.0 Å². The van der Waals surface area contributed by atoms with Gasteiger partial charge in [-0.05, 0) is 42.9 Å². The summed E-state index contributed by atoms with van der Waals surface area (Å²) in [6, 6.07) is 3.44. The fourth-order valence-electron chi connectivity index (χ4n) is 2.39. The van der Waals surface area contributed by atoms with Gasteiger partial charge in [0.1, 0.15) is 0 Å². The maximum Gasteiger partial charge on any atom is 0.446 e. The van der Waals surface area contributed by atoms with Crippen LogP contribution in [0.3, 0.4) is 0 Å². The Kier molecular flexibility index (Phi) is 6.97. The topological polar surface area (TPSA) is 84.7 Å². The highest BCUT2D eigenvalue weighted by Crippen LogP contribution is 2.41. The predicted octanol–water partition coefficient (Wildman–Crippen LogP) is 2.08. The molecule has 1 fully saturated rings. The van der Waals surface area contributed by atoms with E-state index in [1.165, 1.54) is 12.1 Å². The molecule has 0 bridgehead atoms. The highest BCUT2D eigenvalue weighted by Gasteiger charge is 2.31. The van der Waals surface area contributed by atoms with Crippen molar-refractivity contribution in [3.63, 3.8) is 0 Å². The van der Waals surface area contributed by atoms with Crippen molar-refractivity contribution in [1.29, 1.82) is 0 Å². The van der Waals surface area contributed by atoms with Crippen LogP contribution in [0.4, 0.5) is 18.9 Å². The second kappa shape index (κ2) is 8.58. The number of sulfonamides is 1. The molecule has 1 saturated heterocycles. The number of alkyl halides is 3. The van der Waals surface area contributed by atoms with Crippen molar-refractivity contribution >= 4 is 27.5 Å². The standard InChI is InChI=1S/C14H20F3N3O3S2/c15-14(16,17)24-13-10-11(25(18,21)22)2-3-12(13)19-4-1-5-20-6-8-23-9-7-20/h2-3,10,19H,1,4-9H2,(H2,18,21,22). The van der Waals surface area contributed by atoms with Crippen LogP contribution in [0.1, 0.15) is 6.42 Å². The lowest BCUT2D eigenvalue weighted by atomic mass is 10.3. The van der Waals surface area contributed by atoms with Crippen LogP contribution in [-0.2, 0) is 14.8 Å². The summed E-state index contributed by atoms with van der Waals surface area (Å²) >= 11 is -0.366.